The van der Waals surface area contributed by atoms with Gasteiger partial charge in [-0.1, -0.05) is 24.3 Å². The number of benzene rings is 2. The molecule has 2 heterocycles. The molecular formula is C18H19N3S. The van der Waals surface area contributed by atoms with E-state index in [0.29, 0.717) is 6.04 Å². The number of hydrogen-bond donors (Lipinski definition) is 1. The van der Waals surface area contributed by atoms with E-state index in [0.717, 1.165) is 24.3 Å². The lowest BCUT2D eigenvalue weighted by Crippen LogP contribution is -2.22. The second-order valence-corrected chi connectivity index (χ2v) is 6.96. The maximum absolute atomic E-state index is 5.90. The summed E-state index contributed by atoms with van der Waals surface area (Å²) >= 11 is 1.83. The monoisotopic (exact) mass is 309 g/mol. The van der Waals surface area contributed by atoms with E-state index in [1.807, 2.05) is 23.5 Å². The summed E-state index contributed by atoms with van der Waals surface area (Å²) in [4.78, 5) is 7.39. The molecule has 2 N–H and O–H groups in total. The van der Waals surface area contributed by atoms with E-state index in [4.69, 9.17) is 10.7 Å². The van der Waals surface area contributed by atoms with Crippen molar-refractivity contribution in [2.45, 2.75) is 25.4 Å². The minimum Gasteiger partial charge on any atom is -0.399 e. The lowest BCUT2D eigenvalue weighted by molar-refractivity contribution is 0.248. The lowest BCUT2D eigenvalue weighted by atomic mass is 10.1. The molecule has 1 atom stereocenters. The van der Waals surface area contributed by atoms with Crippen LogP contribution in [0, 0.1) is 0 Å². The van der Waals surface area contributed by atoms with Crippen molar-refractivity contribution < 1.29 is 0 Å². The van der Waals surface area contributed by atoms with Crippen LogP contribution in [0.4, 0.5) is 5.69 Å². The molecule has 4 rings (SSSR count). The Bertz CT molecular complexity index is 763. The molecule has 0 aliphatic carbocycles. The third kappa shape index (κ3) is 2.60. The van der Waals surface area contributed by atoms with Gasteiger partial charge in [-0.15, -0.1) is 11.3 Å². The fraction of sp³-hybridized carbons (Fsp3) is 0.278. The number of likely N-dealkylation sites (tertiary alicyclic amines) is 1. The summed E-state index contributed by atoms with van der Waals surface area (Å²) in [7, 11) is 0. The average Bonchev–Trinajstić information content (AvgIpc) is 3.13. The van der Waals surface area contributed by atoms with Crippen LogP contribution in [0.3, 0.4) is 0 Å². The second kappa shape index (κ2) is 5.71. The van der Waals surface area contributed by atoms with Crippen molar-refractivity contribution in [2.75, 3.05) is 12.3 Å². The highest BCUT2D eigenvalue weighted by Crippen LogP contribution is 2.37. The number of rotatable bonds is 3. The number of anilines is 1. The Morgan fingerprint density at radius 2 is 2.09 bits per heavy atom. The SMILES string of the molecule is Nc1cccc(CN2CCCC2c2nc3ccccc3s2)c1. The molecule has 112 valence electrons. The van der Waals surface area contributed by atoms with Crippen molar-refractivity contribution in [2.24, 2.45) is 0 Å². The molecule has 0 radical (unpaired) electrons. The summed E-state index contributed by atoms with van der Waals surface area (Å²) in [5, 5.41) is 1.25. The van der Waals surface area contributed by atoms with Crippen LogP contribution in [0.5, 0.6) is 0 Å². The van der Waals surface area contributed by atoms with E-state index in [2.05, 4.69) is 41.3 Å². The minimum atomic E-state index is 0.443. The summed E-state index contributed by atoms with van der Waals surface area (Å²) in [6, 6.07) is 17.1. The Morgan fingerprint density at radius 3 is 2.95 bits per heavy atom. The van der Waals surface area contributed by atoms with Gasteiger partial charge in [-0.25, -0.2) is 4.98 Å². The highest BCUT2D eigenvalue weighted by Gasteiger charge is 2.28. The molecule has 0 spiro atoms. The summed E-state index contributed by atoms with van der Waals surface area (Å²) in [5.74, 6) is 0. The normalized spacial score (nSPS) is 19.0. The molecule has 0 saturated carbocycles. The fourth-order valence-electron chi connectivity index (χ4n) is 3.25. The number of nitrogens with zero attached hydrogens (tertiary/aromatic N) is 2. The predicted molar refractivity (Wildman–Crippen MR) is 92.9 cm³/mol. The highest BCUT2D eigenvalue weighted by atomic mass is 32.1. The number of nitrogen functional groups attached to an aromatic ring is 1. The van der Waals surface area contributed by atoms with Gasteiger partial charge in [0, 0.05) is 12.2 Å². The smallest absolute Gasteiger partial charge is 0.111 e. The molecule has 4 heteroatoms. The third-order valence-electron chi connectivity index (χ3n) is 4.30. The fourth-order valence-corrected chi connectivity index (χ4v) is 4.39. The molecule has 0 bridgehead atoms. The van der Waals surface area contributed by atoms with E-state index in [-0.39, 0.29) is 0 Å². The van der Waals surface area contributed by atoms with Gasteiger partial charge in [-0.2, -0.15) is 0 Å². The first-order valence-corrected chi connectivity index (χ1v) is 8.55. The van der Waals surface area contributed by atoms with Crippen molar-refractivity contribution in [1.29, 1.82) is 0 Å². The lowest BCUT2D eigenvalue weighted by Gasteiger charge is -2.22. The zero-order chi connectivity index (χ0) is 14.9. The van der Waals surface area contributed by atoms with Crippen LogP contribution in [0.2, 0.25) is 0 Å². The van der Waals surface area contributed by atoms with Crippen LogP contribution < -0.4 is 5.73 Å². The van der Waals surface area contributed by atoms with E-state index in [1.165, 1.54) is 28.1 Å². The molecule has 3 nitrogen and oxygen atoms in total. The van der Waals surface area contributed by atoms with Crippen molar-refractivity contribution in [1.82, 2.24) is 9.88 Å². The highest BCUT2D eigenvalue weighted by molar-refractivity contribution is 7.18. The van der Waals surface area contributed by atoms with E-state index < -0.39 is 0 Å². The number of aromatic nitrogens is 1. The van der Waals surface area contributed by atoms with Gasteiger partial charge in [0.1, 0.15) is 5.01 Å². The predicted octanol–water partition coefficient (Wildman–Crippen LogP) is 4.22. The Kier molecular flexibility index (Phi) is 3.56. The Morgan fingerprint density at radius 1 is 1.18 bits per heavy atom. The van der Waals surface area contributed by atoms with E-state index in [9.17, 15) is 0 Å². The van der Waals surface area contributed by atoms with Crippen LogP contribution in [0.25, 0.3) is 10.2 Å². The van der Waals surface area contributed by atoms with Crippen LogP contribution in [0.15, 0.2) is 48.5 Å². The summed E-state index contributed by atoms with van der Waals surface area (Å²) < 4.78 is 1.29. The molecule has 1 fully saturated rings. The van der Waals surface area contributed by atoms with Gasteiger partial charge >= 0.3 is 0 Å². The van der Waals surface area contributed by atoms with Crippen LogP contribution >= 0.6 is 11.3 Å². The van der Waals surface area contributed by atoms with Gasteiger partial charge < -0.3 is 5.73 Å². The second-order valence-electron chi connectivity index (χ2n) is 5.89. The number of hydrogen-bond acceptors (Lipinski definition) is 4. The van der Waals surface area contributed by atoms with Crippen LogP contribution in [0.1, 0.15) is 29.5 Å². The van der Waals surface area contributed by atoms with Crippen molar-refractivity contribution in [3.8, 4) is 0 Å². The third-order valence-corrected chi connectivity index (χ3v) is 5.43. The molecule has 1 unspecified atom stereocenters. The minimum absolute atomic E-state index is 0.443. The molecule has 1 aromatic heterocycles. The van der Waals surface area contributed by atoms with Gasteiger partial charge in [0.05, 0.1) is 16.3 Å². The van der Waals surface area contributed by atoms with Gasteiger partial charge in [0.25, 0.3) is 0 Å². The van der Waals surface area contributed by atoms with Crippen LogP contribution in [-0.4, -0.2) is 16.4 Å². The van der Waals surface area contributed by atoms with Gasteiger partial charge in [0.2, 0.25) is 0 Å². The number of thiazole rings is 1. The first-order chi connectivity index (χ1) is 10.8. The zero-order valence-corrected chi connectivity index (χ0v) is 13.2. The molecule has 0 amide bonds. The molecule has 1 aliphatic rings. The van der Waals surface area contributed by atoms with Gasteiger partial charge in [-0.05, 0) is 49.2 Å². The topological polar surface area (TPSA) is 42.1 Å². The van der Waals surface area contributed by atoms with E-state index >= 15 is 0 Å². The first-order valence-electron chi connectivity index (χ1n) is 7.73. The first kappa shape index (κ1) is 13.7. The van der Waals surface area contributed by atoms with Crippen molar-refractivity contribution >= 4 is 27.2 Å². The number of fused-ring (bicyclic) bond motifs is 1. The standard InChI is InChI=1S/C18H19N3S/c19-14-6-3-5-13(11-14)12-21-10-4-8-16(21)18-20-15-7-1-2-9-17(15)22-18/h1-3,5-7,9,11,16H,4,8,10,12,19H2. The quantitative estimate of drug-likeness (QED) is 0.737. The van der Waals surface area contributed by atoms with Gasteiger partial charge in [0.15, 0.2) is 0 Å². The Hall–Kier alpha value is -1.91. The zero-order valence-electron chi connectivity index (χ0n) is 12.4. The Labute approximate surface area is 134 Å². The summed E-state index contributed by atoms with van der Waals surface area (Å²) in [5.41, 5.74) is 9.15. The maximum atomic E-state index is 5.90. The molecule has 1 saturated heterocycles. The molecular weight excluding hydrogens is 290 g/mol. The molecule has 3 aromatic rings. The van der Waals surface area contributed by atoms with Gasteiger partial charge in [-0.3, -0.25) is 4.90 Å². The van der Waals surface area contributed by atoms with Crippen LogP contribution in [-0.2, 0) is 6.54 Å². The molecule has 2 aromatic carbocycles. The maximum Gasteiger partial charge on any atom is 0.111 e. The average molecular weight is 309 g/mol. The van der Waals surface area contributed by atoms with Crippen molar-refractivity contribution in [3.63, 3.8) is 0 Å². The van der Waals surface area contributed by atoms with Crippen molar-refractivity contribution in [3.05, 3.63) is 59.1 Å². The number of para-hydroxylation sites is 1. The molecule has 22 heavy (non-hydrogen) atoms. The molecule has 1 aliphatic heterocycles. The van der Waals surface area contributed by atoms with E-state index in [1.54, 1.807) is 0 Å². The summed E-state index contributed by atoms with van der Waals surface area (Å²) in [6.45, 7) is 2.08. The summed E-state index contributed by atoms with van der Waals surface area (Å²) in [6.07, 6.45) is 2.44. The largest absolute Gasteiger partial charge is 0.399 e. The Balaban J connectivity index is 1.60. The number of nitrogens with two attached hydrogens (primary N) is 1.